The van der Waals surface area contributed by atoms with Crippen LogP contribution in [-0.4, -0.2) is 71.8 Å². The Bertz CT molecular complexity index is 1110. The number of nitrogens with zero attached hydrogens (tertiary/aromatic N) is 2. The molecule has 0 radical (unpaired) electrons. The van der Waals surface area contributed by atoms with Crippen molar-refractivity contribution in [2.45, 2.75) is 83.6 Å². The number of piperidine rings is 1. The van der Waals surface area contributed by atoms with Gasteiger partial charge >= 0.3 is 0 Å². The molecule has 0 saturated carbocycles. The van der Waals surface area contributed by atoms with Gasteiger partial charge in [0.15, 0.2) is 0 Å². The number of carbonyl (C=O) groups is 1. The monoisotopic (exact) mass is 561 g/mol. The van der Waals surface area contributed by atoms with Crippen LogP contribution in [0.15, 0.2) is 30.3 Å². The quantitative estimate of drug-likeness (QED) is 0.384. The first kappa shape index (κ1) is 29.2. The van der Waals surface area contributed by atoms with E-state index in [-0.39, 0.29) is 24.6 Å². The first-order chi connectivity index (χ1) is 18.1. The van der Waals surface area contributed by atoms with E-state index in [1.54, 1.807) is 18.2 Å². The molecule has 0 aromatic heterocycles. The van der Waals surface area contributed by atoms with Crippen LogP contribution in [0.25, 0.3) is 0 Å². The van der Waals surface area contributed by atoms with E-state index >= 15 is 0 Å². The van der Waals surface area contributed by atoms with Crippen LogP contribution in [0.2, 0.25) is 10.0 Å². The van der Waals surface area contributed by atoms with Gasteiger partial charge in [-0.05, 0) is 101 Å². The van der Waals surface area contributed by atoms with Crippen molar-refractivity contribution >= 4 is 29.1 Å². The molecule has 1 amide bonds. The summed E-state index contributed by atoms with van der Waals surface area (Å²) in [5.74, 6) is 0.718. The maximum atomic E-state index is 12.9. The van der Waals surface area contributed by atoms with E-state index in [0.717, 1.165) is 43.5 Å². The summed E-state index contributed by atoms with van der Waals surface area (Å²) in [5.41, 5.74) is 4.18. The minimum absolute atomic E-state index is 0.117. The third-order valence-corrected chi connectivity index (χ3v) is 8.86. The molecule has 8 heteroatoms. The van der Waals surface area contributed by atoms with Crippen molar-refractivity contribution in [2.75, 3.05) is 26.7 Å². The molecular formula is C30H41Cl2N3O3. The summed E-state index contributed by atoms with van der Waals surface area (Å²) in [6, 6.07) is 10.5. The molecule has 2 aliphatic heterocycles. The van der Waals surface area contributed by atoms with Crippen LogP contribution in [0.1, 0.15) is 72.6 Å². The highest BCUT2D eigenvalue weighted by Gasteiger charge is 2.43. The van der Waals surface area contributed by atoms with Crippen LogP contribution >= 0.6 is 23.2 Å². The molecule has 6 nitrogen and oxygen atoms in total. The van der Waals surface area contributed by atoms with E-state index in [1.165, 1.54) is 11.1 Å². The molecule has 2 bridgehead atoms. The number of carbonyl (C=O) groups excluding carboxylic acids is 1. The second kappa shape index (κ2) is 12.6. The Kier molecular flexibility index (Phi) is 9.64. The molecule has 2 aromatic carbocycles. The second-order valence-electron chi connectivity index (χ2n) is 11.0. The minimum Gasteiger partial charge on any atom is -0.491 e. The summed E-state index contributed by atoms with van der Waals surface area (Å²) in [5, 5.41) is 14.5. The van der Waals surface area contributed by atoms with Gasteiger partial charge in [0.25, 0.3) is 5.91 Å². The molecule has 0 aliphatic carbocycles. The highest BCUT2D eigenvalue weighted by atomic mass is 35.5. The Morgan fingerprint density at radius 2 is 1.76 bits per heavy atom. The summed E-state index contributed by atoms with van der Waals surface area (Å²) in [6.45, 7) is 10.4. The summed E-state index contributed by atoms with van der Waals surface area (Å²) in [7, 11) is 1.99. The lowest BCUT2D eigenvalue weighted by Gasteiger charge is -2.43. The van der Waals surface area contributed by atoms with Crippen molar-refractivity contribution in [3.05, 3.63) is 62.6 Å². The Hall–Kier alpha value is -1.83. The SMILES string of the molecule is CCN(C)C[C@H](O)COc1ccc(C(C)N2C3CCC2CC(NC(=O)c2cc(Cl)cc(Cl)c2)C3)c(C)c1C. The Morgan fingerprint density at radius 1 is 1.13 bits per heavy atom. The maximum absolute atomic E-state index is 12.9. The molecule has 3 unspecified atom stereocenters. The highest BCUT2D eigenvalue weighted by Crippen LogP contribution is 2.43. The van der Waals surface area contributed by atoms with E-state index in [0.29, 0.717) is 34.2 Å². The Balaban J connectivity index is 1.39. The van der Waals surface area contributed by atoms with Gasteiger partial charge in [0.05, 0.1) is 0 Å². The molecule has 4 atom stereocenters. The molecule has 2 aromatic rings. The fourth-order valence-electron chi connectivity index (χ4n) is 6.23. The summed E-state index contributed by atoms with van der Waals surface area (Å²) < 4.78 is 6.01. The van der Waals surface area contributed by atoms with Crippen LogP contribution in [0.3, 0.4) is 0 Å². The fourth-order valence-corrected chi connectivity index (χ4v) is 6.76. The van der Waals surface area contributed by atoms with Crippen molar-refractivity contribution in [3.8, 4) is 5.75 Å². The lowest BCUT2D eigenvalue weighted by molar-refractivity contribution is 0.0687. The summed E-state index contributed by atoms with van der Waals surface area (Å²) >= 11 is 12.2. The van der Waals surface area contributed by atoms with Gasteiger partial charge in [0.1, 0.15) is 18.5 Å². The van der Waals surface area contributed by atoms with Crippen LogP contribution in [0, 0.1) is 13.8 Å². The molecule has 2 aliphatic rings. The molecular weight excluding hydrogens is 521 g/mol. The lowest BCUT2D eigenvalue weighted by Crippen LogP contribution is -2.51. The Morgan fingerprint density at radius 3 is 2.37 bits per heavy atom. The predicted molar refractivity (Wildman–Crippen MR) is 155 cm³/mol. The molecule has 4 rings (SSSR count). The molecule has 208 valence electrons. The molecule has 2 N–H and O–H groups in total. The number of aliphatic hydroxyl groups is 1. The average Bonchev–Trinajstić information content (AvgIpc) is 3.13. The van der Waals surface area contributed by atoms with Crippen LogP contribution < -0.4 is 10.1 Å². The summed E-state index contributed by atoms with van der Waals surface area (Å²) in [6.07, 6.45) is 3.64. The molecule has 2 saturated heterocycles. The molecule has 0 spiro atoms. The number of rotatable bonds is 10. The third kappa shape index (κ3) is 6.65. The number of nitrogens with one attached hydrogen (secondary N) is 1. The molecule has 2 fully saturated rings. The van der Waals surface area contributed by atoms with Gasteiger partial charge in [-0.15, -0.1) is 0 Å². The first-order valence-corrected chi connectivity index (χ1v) is 14.5. The second-order valence-corrected chi connectivity index (χ2v) is 11.9. The topological polar surface area (TPSA) is 65.0 Å². The normalized spacial score (nSPS) is 22.9. The molecule has 38 heavy (non-hydrogen) atoms. The zero-order valence-electron chi connectivity index (χ0n) is 23.1. The van der Waals surface area contributed by atoms with Gasteiger partial charge in [0, 0.05) is 46.3 Å². The van der Waals surface area contributed by atoms with E-state index in [1.807, 2.05) is 7.05 Å². The van der Waals surface area contributed by atoms with Gasteiger partial charge in [-0.3, -0.25) is 9.69 Å². The van der Waals surface area contributed by atoms with Gasteiger partial charge in [0.2, 0.25) is 0 Å². The number of halogens is 2. The van der Waals surface area contributed by atoms with Crippen molar-refractivity contribution in [2.24, 2.45) is 0 Å². The Labute approximate surface area is 237 Å². The van der Waals surface area contributed by atoms with Crippen molar-refractivity contribution in [1.82, 2.24) is 15.1 Å². The van der Waals surface area contributed by atoms with E-state index in [4.69, 9.17) is 27.9 Å². The number of amides is 1. The van der Waals surface area contributed by atoms with E-state index in [9.17, 15) is 9.90 Å². The van der Waals surface area contributed by atoms with Crippen molar-refractivity contribution in [1.29, 1.82) is 0 Å². The average molecular weight is 563 g/mol. The van der Waals surface area contributed by atoms with Crippen LogP contribution in [-0.2, 0) is 0 Å². The van der Waals surface area contributed by atoms with E-state index < -0.39 is 6.10 Å². The maximum Gasteiger partial charge on any atom is 0.251 e. The number of hydrogen-bond donors (Lipinski definition) is 2. The molecule has 2 heterocycles. The van der Waals surface area contributed by atoms with E-state index in [2.05, 4.69) is 54.9 Å². The van der Waals surface area contributed by atoms with Gasteiger partial charge in [-0.25, -0.2) is 0 Å². The van der Waals surface area contributed by atoms with Gasteiger partial charge < -0.3 is 20.1 Å². The number of benzene rings is 2. The predicted octanol–water partition coefficient (Wildman–Crippen LogP) is 5.79. The number of aliphatic hydroxyl groups excluding tert-OH is 1. The number of hydrogen-bond acceptors (Lipinski definition) is 5. The smallest absolute Gasteiger partial charge is 0.251 e. The number of ether oxygens (including phenoxy) is 1. The zero-order valence-corrected chi connectivity index (χ0v) is 24.6. The van der Waals surface area contributed by atoms with Gasteiger partial charge in [-0.1, -0.05) is 36.2 Å². The number of fused-ring (bicyclic) bond motifs is 2. The zero-order chi connectivity index (χ0) is 27.6. The fraction of sp³-hybridized carbons (Fsp3) is 0.567. The van der Waals surface area contributed by atoms with Crippen LogP contribution in [0.4, 0.5) is 0 Å². The van der Waals surface area contributed by atoms with Gasteiger partial charge in [-0.2, -0.15) is 0 Å². The number of likely N-dealkylation sites (N-methyl/N-ethyl adjacent to an activating group) is 1. The first-order valence-electron chi connectivity index (χ1n) is 13.7. The van der Waals surface area contributed by atoms with Crippen LogP contribution in [0.5, 0.6) is 5.75 Å². The van der Waals surface area contributed by atoms with Crippen molar-refractivity contribution < 1.29 is 14.6 Å². The largest absolute Gasteiger partial charge is 0.491 e. The highest BCUT2D eigenvalue weighted by molar-refractivity contribution is 6.35. The lowest BCUT2D eigenvalue weighted by atomic mass is 9.91. The third-order valence-electron chi connectivity index (χ3n) is 8.42. The summed E-state index contributed by atoms with van der Waals surface area (Å²) in [4.78, 5) is 17.6. The standard InChI is InChI=1S/C30H41Cl2N3O3/c1-6-34(5)16-27(36)17-38-29-10-9-28(18(2)19(29)3)20(4)35-25-7-8-26(35)15-24(14-25)33-30(37)21-11-22(31)13-23(32)12-21/h9-13,20,24-27,36H,6-8,14-17H2,1-5H3,(H,33,37)/t20?,24?,25?,26?,27-/m0/s1. The van der Waals surface area contributed by atoms with Crippen molar-refractivity contribution in [3.63, 3.8) is 0 Å². The minimum atomic E-state index is -0.522.